The van der Waals surface area contributed by atoms with Crippen molar-refractivity contribution >= 4 is 22.5 Å². The second-order valence-corrected chi connectivity index (χ2v) is 7.80. The molecular weight excluding hydrogens is 446 g/mol. The summed E-state index contributed by atoms with van der Waals surface area (Å²) in [5, 5.41) is 16.7. The smallest absolute Gasteiger partial charge is 0.439 e. The lowest BCUT2D eigenvalue weighted by atomic mass is 10.0. The molecule has 2 aromatic heterocycles. The zero-order valence-electron chi connectivity index (χ0n) is 18.8. The molecule has 1 amide bonds. The molecule has 0 atom stereocenters. The van der Waals surface area contributed by atoms with Crippen LogP contribution in [0.4, 0.5) is 5.69 Å². The molecule has 0 radical (unpaired) electrons. The van der Waals surface area contributed by atoms with Crippen LogP contribution in [0.3, 0.4) is 0 Å². The van der Waals surface area contributed by atoms with Crippen LogP contribution in [0.15, 0.2) is 76.0 Å². The number of aromatic amines is 1. The van der Waals surface area contributed by atoms with Gasteiger partial charge < -0.3 is 14.6 Å². The Balaban J connectivity index is 1.58. The first-order chi connectivity index (χ1) is 17.0. The summed E-state index contributed by atoms with van der Waals surface area (Å²) in [5.41, 5.74) is 4.21. The SMILES string of the molecule is COc1ccccc1-c1cccc2cc(C(=O)Nc3ccc(C#N)cc3-c3noc(=O)[nH]3)n(C)c12. The third kappa shape index (κ3) is 3.83. The van der Waals surface area contributed by atoms with E-state index in [1.165, 1.54) is 6.07 Å². The molecule has 3 aromatic carbocycles. The van der Waals surface area contributed by atoms with Gasteiger partial charge in [-0.25, -0.2) is 4.79 Å². The number of hydrogen-bond donors (Lipinski definition) is 2. The number of anilines is 1. The highest BCUT2D eigenvalue weighted by atomic mass is 16.5. The van der Waals surface area contributed by atoms with Gasteiger partial charge >= 0.3 is 5.76 Å². The predicted molar refractivity (Wildman–Crippen MR) is 130 cm³/mol. The van der Waals surface area contributed by atoms with Gasteiger partial charge in [-0.3, -0.25) is 14.3 Å². The fraction of sp³-hybridized carbons (Fsp3) is 0.0769. The van der Waals surface area contributed by atoms with Crippen LogP contribution in [0.2, 0.25) is 0 Å². The van der Waals surface area contributed by atoms with Gasteiger partial charge in [0.1, 0.15) is 11.4 Å². The normalized spacial score (nSPS) is 10.8. The number of H-pyrrole nitrogens is 1. The molecule has 0 saturated heterocycles. The fourth-order valence-electron chi connectivity index (χ4n) is 4.17. The average Bonchev–Trinajstić information content (AvgIpc) is 3.47. The molecule has 9 nitrogen and oxygen atoms in total. The van der Waals surface area contributed by atoms with Gasteiger partial charge in [-0.2, -0.15) is 5.26 Å². The molecule has 35 heavy (non-hydrogen) atoms. The largest absolute Gasteiger partial charge is 0.496 e. The summed E-state index contributed by atoms with van der Waals surface area (Å²) in [5.74, 6) is -0.266. The second kappa shape index (κ2) is 8.68. The molecule has 9 heteroatoms. The predicted octanol–water partition coefficient (Wildman–Crippen LogP) is 4.32. The zero-order chi connectivity index (χ0) is 24.5. The van der Waals surface area contributed by atoms with E-state index in [1.54, 1.807) is 19.2 Å². The number of carbonyl (C=O) groups is 1. The van der Waals surface area contributed by atoms with E-state index in [1.807, 2.05) is 66.2 Å². The van der Waals surface area contributed by atoms with Gasteiger partial charge in [0.05, 0.1) is 29.9 Å². The van der Waals surface area contributed by atoms with Crippen LogP contribution >= 0.6 is 0 Å². The van der Waals surface area contributed by atoms with Crippen molar-refractivity contribution < 1.29 is 14.1 Å². The first-order valence-corrected chi connectivity index (χ1v) is 10.6. The van der Waals surface area contributed by atoms with Crippen molar-refractivity contribution in [3.8, 4) is 34.3 Å². The number of benzene rings is 3. The molecule has 0 bridgehead atoms. The number of ether oxygens (including phenoxy) is 1. The molecule has 5 rings (SSSR count). The Hall–Kier alpha value is -5.10. The number of carbonyl (C=O) groups excluding carboxylic acids is 1. The molecule has 0 unspecified atom stereocenters. The van der Waals surface area contributed by atoms with Crippen molar-refractivity contribution in [3.63, 3.8) is 0 Å². The van der Waals surface area contributed by atoms with Crippen molar-refractivity contribution in [3.05, 3.63) is 88.5 Å². The number of amides is 1. The number of aromatic nitrogens is 3. The third-order valence-corrected chi connectivity index (χ3v) is 5.78. The van der Waals surface area contributed by atoms with Gasteiger partial charge in [-0.15, -0.1) is 0 Å². The molecule has 2 heterocycles. The van der Waals surface area contributed by atoms with Crippen LogP contribution in [0.25, 0.3) is 33.4 Å². The topological polar surface area (TPSA) is 126 Å². The van der Waals surface area contributed by atoms with Gasteiger partial charge in [0.25, 0.3) is 5.91 Å². The number of rotatable bonds is 5. The molecule has 172 valence electrons. The zero-order valence-corrected chi connectivity index (χ0v) is 18.8. The maximum atomic E-state index is 13.4. The van der Waals surface area contributed by atoms with Crippen LogP contribution in [0, 0.1) is 11.3 Å². The number of aryl methyl sites for hydroxylation is 1. The Morgan fingerprint density at radius 1 is 1.09 bits per heavy atom. The Kier molecular flexibility index (Phi) is 5.39. The Morgan fingerprint density at radius 2 is 1.89 bits per heavy atom. The standard InChI is InChI=1S/C26H19N5O4/c1-31-21(13-16-6-5-8-18(23(16)31)17-7-3-4-9-22(17)34-2)25(32)28-20-11-10-15(14-27)12-19(20)24-29-26(33)35-30-24/h3-13H,1-2H3,(H,28,32)(H,29,30,33). The number of fused-ring (bicyclic) bond motifs is 1. The number of nitrogens with one attached hydrogen (secondary N) is 2. The van der Waals surface area contributed by atoms with E-state index in [2.05, 4.69) is 20.0 Å². The minimum atomic E-state index is -0.739. The summed E-state index contributed by atoms with van der Waals surface area (Å²) in [4.78, 5) is 27.3. The van der Waals surface area contributed by atoms with Gasteiger partial charge in [0.15, 0.2) is 5.82 Å². The van der Waals surface area contributed by atoms with E-state index in [0.29, 0.717) is 22.5 Å². The van der Waals surface area contributed by atoms with Gasteiger partial charge in [0, 0.05) is 29.1 Å². The Bertz CT molecular complexity index is 1690. The highest BCUT2D eigenvalue weighted by molar-refractivity contribution is 6.09. The maximum absolute atomic E-state index is 13.4. The molecule has 0 aliphatic rings. The molecule has 2 N–H and O–H groups in total. The van der Waals surface area contributed by atoms with Crippen molar-refractivity contribution in [2.75, 3.05) is 12.4 Å². The van der Waals surface area contributed by atoms with Crippen molar-refractivity contribution in [1.82, 2.24) is 14.7 Å². The van der Waals surface area contributed by atoms with Crippen molar-refractivity contribution in [2.45, 2.75) is 0 Å². The molecule has 0 spiro atoms. The molecule has 0 aliphatic heterocycles. The fourth-order valence-corrected chi connectivity index (χ4v) is 4.17. The quantitative estimate of drug-likeness (QED) is 0.398. The summed E-state index contributed by atoms with van der Waals surface area (Å²) >= 11 is 0. The minimum absolute atomic E-state index is 0.109. The lowest BCUT2D eigenvalue weighted by Crippen LogP contribution is -2.16. The minimum Gasteiger partial charge on any atom is -0.496 e. The van der Waals surface area contributed by atoms with Crippen LogP contribution in [-0.4, -0.2) is 27.7 Å². The number of nitriles is 1. The summed E-state index contributed by atoms with van der Waals surface area (Å²) in [6, 6.07) is 22.1. The molecule has 0 fully saturated rings. The van der Waals surface area contributed by atoms with Gasteiger partial charge in [-0.05, 0) is 30.3 Å². The van der Waals surface area contributed by atoms with E-state index >= 15 is 0 Å². The molecule has 0 aliphatic carbocycles. The number of nitrogens with zero attached hydrogens (tertiary/aromatic N) is 3. The van der Waals surface area contributed by atoms with E-state index in [0.717, 1.165) is 27.8 Å². The third-order valence-electron chi connectivity index (χ3n) is 5.78. The van der Waals surface area contributed by atoms with Crippen LogP contribution in [0.1, 0.15) is 16.1 Å². The average molecular weight is 465 g/mol. The summed E-state index contributed by atoms with van der Waals surface area (Å²) in [6.07, 6.45) is 0. The first kappa shape index (κ1) is 21.7. The molecule has 0 saturated carbocycles. The highest BCUT2D eigenvalue weighted by Gasteiger charge is 2.20. The maximum Gasteiger partial charge on any atom is 0.439 e. The monoisotopic (exact) mass is 465 g/mol. The summed E-state index contributed by atoms with van der Waals surface area (Å²) in [6.45, 7) is 0. The van der Waals surface area contributed by atoms with E-state index in [9.17, 15) is 14.9 Å². The van der Waals surface area contributed by atoms with E-state index < -0.39 is 5.76 Å². The van der Waals surface area contributed by atoms with Crippen LogP contribution in [-0.2, 0) is 7.05 Å². The molecule has 5 aromatic rings. The second-order valence-electron chi connectivity index (χ2n) is 7.80. The highest BCUT2D eigenvalue weighted by Crippen LogP contribution is 2.36. The lowest BCUT2D eigenvalue weighted by molar-refractivity contribution is 0.102. The Labute approximate surface area is 199 Å². The van der Waals surface area contributed by atoms with Crippen molar-refractivity contribution in [2.24, 2.45) is 7.05 Å². The lowest BCUT2D eigenvalue weighted by Gasteiger charge is -2.12. The Morgan fingerprint density at radius 3 is 2.63 bits per heavy atom. The number of para-hydroxylation sites is 2. The van der Waals surface area contributed by atoms with Gasteiger partial charge in [-0.1, -0.05) is 41.6 Å². The summed E-state index contributed by atoms with van der Waals surface area (Å²) in [7, 11) is 3.45. The van der Waals surface area contributed by atoms with Gasteiger partial charge in [0.2, 0.25) is 0 Å². The van der Waals surface area contributed by atoms with Crippen LogP contribution in [0.5, 0.6) is 5.75 Å². The number of hydrogen-bond acceptors (Lipinski definition) is 6. The molecular formula is C26H19N5O4. The first-order valence-electron chi connectivity index (χ1n) is 10.6. The van der Waals surface area contributed by atoms with E-state index in [4.69, 9.17) is 4.74 Å². The van der Waals surface area contributed by atoms with Crippen LogP contribution < -0.4 is 15.8 Å². The number of methoxy groups -OCH3 is 1. The van der Waals surface area contributed by atoms with E-state index in [-0.39, 0.29) is 11.7 Å². The van der Waals surface area contributed by atoms with Crippen molar-refractivity contribution in [1.29, 1.82) is 5.26 Å². The summed E-state index contributed by atoms with van der Waals surface area (Å²) < 4.78 is 12.0.